The van der Waals surface area contributed by atoms with Gasteiger partial charge in [0.25, 0.3) is 10.0 Å². The Hall–Kier alpha value is -3.12. The van der Waals surface area contributed by atoms with E-state index >= 15 is 0 Å². The van der Waals surface area contributed by atoms with Crippen LogP contribution in [0.5, 0.6) is 0 Å². The van der Waals surface area contributed by atoms with Gasteiger partial charge in [0.05, 0.1) is 15.9 Å². The zero-order valence-corrected chi connectivity index (χ0v) is 14.9. The second kappa shape index (κ2) is 6.31. The van der Waals surface area contributed by atoms with Gasteiger partial charge >= 0.3 is 0 Å². The largest absolute Gasteiger partial charge is 0.325 e. The van der Waals surface area contributed by atoms with Crippen molar-refractivity contribution >= 4 is 32.7 Å². The molecular formula is C20H17N3O2S. The van der Waals surface area contributed by atoms with E-state index < -0.39 is 10.0 Å². The van der Waals surface area contributed by atoms with Crippen LogP contribution >= 0.6 is 0 Å². The van der Waals surface area contributed by atoms with Crippen LogP contribution in [0.15, 0.2) is 83.8 Å². The molecule has 5 nitrogen and oxygen atoms in total. The topological polar surface area (TPSA) is 64.0 Å². The molecule has 0 saturated carbocycles. The van der Waals surface area contributed by atoms with Crippen LogP contribution in [-0.2, 0) is 10.0 Å². The number of nitrogens with zero attached hydrogens (tertiary/aromatic N) is 2. The highest BCUT2D eigenvalue weighted by Crippen LogP contribution is 2.28. The molecule has 1 N–H and O–H groups in total. The average molecular weight is 363 g/mol. The Labute approximate surface area is 152 Å². The summed E-state index contributed by atoms with van der Waals surface area (Å²) < 4.78 is 27.9. The van der Waals surface area contributed by atoms with E-state index in [-0.39, 0.29) is 10.8 Å². The van der Waals surface area contributed by atoms with Gasteiger partial charge in [-0.2, -0.15) is 0 Å². The summed E-state index contributed by atoms with van der Waals surface area (Å²) in [5.41, 5.74) is 2.92. The third-order valence-electron chi connectivity index (χ3n) is 4.11. The number of benzene rings is 3. The molecule has 4 rings (SSSR count). The lowest BCUT2D eigenvalue weighted by Crippen LogP contribution is -2.15. The molecule has 26 heavy (non-hydrogen) atoms. The summed E-state index contributed by atoms with van der Waals surface area (Å²) in [6, 6.07) is 23.4. The van der Waals surface area contributed by atoms with Crippen molar-refractivity contribution in [2.24, 2.45) is 0 Å². The maximum atomic E-state index is 13.3. The molecule has 0 radical (unpaired) electrons. The first-order chi connectivity index (χ1) is 12.6. The first kappa shape index (κ1) is 16.4. The van der Waals surface area contributed by atoms with Crippen LogP contribution in [0.4, 0.5) is 11.6 Å². The summed E-state index contributed by atoms with van der Waals surface area (Å²) in [7, 11) is -3.80. The van der Waals surface area contributed by atoms with Crippen LogP contribution in [0.25, 0.3) is 11.0 Å². The maximum absolute atomic E-state index is 13.3. The fraction of sp³-hybridized carbons (Fsp3) is 0.0500. The van der Waals surface area contributed by atoms with Crippen LogP contribution in [0, 0.1) is 6.92 Å². The molecular weight excluding hydrogens is 346 g/mol. The van der Waals surface area contributed by atoms with Crippen molar-refractivity contribution in [1.82, 2.24) is 8.96 Å². The van der Waals surface area contributed by atoms with Gasteiger partial charge in [0.2, 0.25) is 5.95 Å². The highest BCUT2D eigenvalue weighted by Gasteiger charge is 2.24. The molecule has 0 unspecified atom stereocenters. The van der Waals surface area contributed by atoms with Crippen molar-refractivity contribution in [3.05, 3.63) is 84.4 Å². The summed E-state index contributed by atoms with van der Waals surface area (Å²) in [6.45, 7) is 1.92. The SMILES string of the molecule is Cc1ccc(S(=O)(=O)n2c(Nc3ccccc3)nc3ccccc32)cc1. The quantitative estimate of drug-likeness (QED) is 0.586. The Morgan fingerprint density at radius 2 is 1.50 bits per heavy atom. The van der Waals surface area contributed by atoms with E-state index in [0.717, 1.165) is 11.3 Å². The Balaban J connectivity index is 1.92. The van der Waals surface area contributed by atoms with Crippen molar-refractivity contribution in [3.63, 3.8) is 0 Å². The highest BCUT2D eigenvalue weighted by molar-refractivity contribution is 7.90. The average Bonchev–Trinajstić information content (AvgIpc) is 3.01. The monoisotopic (exact) mass is 363 g/mol. The maximum Gasteiger partial charge on any atom is 0.271 e. The number of nitrogens with one attached hydrogen (secondary N) is 1. The zero-order chi connectivity index (χ0) is 18.1. The molecule has 130 valence electrons. The molecule has 6 heteroatoms. The van der Waals surface area contributed by atoms with E-state index in [2.05, 4.69) is 10.3 Å². The van der Waals surface area contributed by atoms with Crippen LogP contribution in [0.3, 0.4) is 0 Å². The number of hydrogen-bond acceptors (Lipinski definition) is 4. The first-order valence-electron chi connectivity index (χ1n) is 8.17. The predicted molar refractivity (Wildman–Crippen MR) is 103 cm³/mol. The van der Waals surface area contributed by atoms with Gasteiger partial charge in [0, 0.05) is 5.69 Å². The minimum atomic E-state index is -3.80. The number of hydrogen-bond donors (Lipinski definition) is 1. The van der Waals surface area contributed by atoms with Crippen molar-refractivity contribution in [2.45, 2.75) is 11.8 Å². The molecule has 0 aliphatic heterocycles. The molecule has 0 fully saturated rings. The minimum absolute atomic E-state index is 0.224. The van der Waals surface area contributed by atoms with Crippen LogP contribution in [0.2, 0.25) is 0 Å². The zero-order valence-electron chi connectivity index (χ0n) is 14.1. The second-order valence-electron chi connectivity index (χ2n) is 6.00. The molecule has 1 aromatic heterocycles. The standard InChI is InChI=1S/C20H17N3O2S/c1-15-11-13-17(14-12-15)26(24,25)23-19-10-6-5-9-18(19)22-20(23)21-16-7-3-2-4-8-16/h2-14H,1H3,(H,21,22). The Kier molecular flexibility index (Phi) is 3.97. The van der Waals surface area contributed by atoms with Gasteiger partial charge in [-0.15, -0.1) is 0 Å². The lowest BCUT2D eigenvalue weighted by Gasteiger charge is -2.12. The van der Waals surface area contributed by atoms with Gasteiger partial charge in [-0.25, -0.2) is 17.4 Å². The fourth-order valence-electron chi connectivity index (χ4n) is 2.79. The molecule has 0 aliphatic rings. The second-order valence-corrected chi connectivity index (χ2v) is 7.78. The van der Waals surface area contributed by atoms with Gasteiger partial charge < -0.3 is 5.32 Å². The minimum Gasteiger partial charge on any atom is -0.325 e. The smallest absolute Gasteiger partial charge is 0.271 e. The van der Waals surface area contributed by atoms with Crippen molar-refractivity contribution < 1.29 is 8.42 Å². The predicted octanol–water partition coefficient (Wildman–Crippen LogP) is 4.33. The molecule has 0 saturated heterocycles. The summed E-state index contributed by atoms with van der Waals surface area (Å²) in [5, 5.41) is 3.12. The lowest BCUT2D eigenvalue weighted by atomic mass is 10.2. The third kappa shape index (κ3) is 2.84. The number of para-hydroxylation sites is 3. The normalized spacial score (nSPS) is 11.6. The van der Waals surface area contributed by atoms with Gasteiger partial charge in [-0.1, -0.05) is 48.0 Å². The summed E-state index contributed by atoms with van der Waals surface area (Å²) in [6.07, 6.45) is 0. The van der Waals surface area contributed by atoms with Crippen LogP contribution < -0.4 is 5.32 Å². The van der Waals surface area contributed by atoms with Gasteiger partial charge in [0.1, 0.15) is 0 Å². The third-order valence-corrected chi connectivity index (χ3v) is 5.83. The first-order valence-corrected chi connectivity index (χ1v) is 9.61. The number of rotatable bonds is 4. The molecule has 0 bridgehead atoms. The van der Waals surface area contributed by atoms with Gasteiger partial charge in [0.15, 0.2) is 0 Å². The number of aromatic nitrogens is 2. The summed E-state index contributed by atoms with van der Waals surface area (Å²) in [4.78, 5) is 4.71. The summed E-state index contributed by atoms with van der Waals surface area (Å²) >= 11 is 0. The van der Waals surface area contributed by atoms with E-state index in [1.807, 2.05) is 43.3 Å². The molecule has 0 aliphatic carbocycles. The van der Waals surface area contributed by atoms with Gasteiger partial charge in [-0.3, -0.25) is 0 Å². The molecule has 4 aromatic rings. The van der Waals surface area contributed by atoms with Crippen molar-refractivity contribution in [2.75, 3.05) is 5.32 Å². The molecule has 0 spiro atoms. The van der Waals surface area contributed by atoms with Crippen molar-refractivity contribution in [1.29, 1.82) is 0 Å². The molecule has 0 amide bonds. The Morgan fingerprint density at radius 3 is 2.23 bits per heavy atom. The van der Waals surface area contributed by atoms with E-state index in [4.69, 9.17) is 0 Å². The van der Waals surface area contributed by atoms with E-state index in [9.17, 15) is 8.42 Å². The number of fused-ring (bicyclic) bond motifs is 1. The summed E-state index contributed by atoms with van der Waals surface area (Å²) in [5.74, 6) is 0.262. The van der Waals surface area contributed by atoms with E-state index in [1.54, 1.807) is 42.5 Å². The lowest BCUT2D eigenvalue weighted by molar-refractivity contribution is 0.589. The van der Waals surface area contributed by atoms with Crippen molar-refractivity contribution in [3.8, 4) is 0 Å². The van der Waals surface area contributed by atoms with E-state index in [1.165, 1.54) is 3.97 Å². The number of imidazole rings is 1. The van der Waals surface area contributed by atoms with Crippen LogP contribution in [-0.4, -0.2) is 17.4 Å². The Bertz CT molecular complexity index is 1160. The Morgan fingerprint density at radius 1 is 0.846 bits per heavy atom. The van der Waals surface area contributed by atoms with E-state index in [0.29, 0.717) is 11.0 Å². The number of anilines is 2. The molecule has 3 aromatic carbocycles. The highest BCUT2D eigenvalue weighted by atomic mass is 32.2. The fourth-order valence-corrected chi connectivity index (χ4v) is 4.21. The molecule has 1 heterocycles. The van der Waals surface area contributed by atoms with Gasteiger partial charge in [-0.05, 0) is 43.3 Å². The van der Waals surface area contributed by atoms with Crippen LogP contribution in [0.1, 0.15) is 5.56 Å². The molecule has 0 atom stereocenters. The number of aryl methyl sites for hydroxylation is 1.